The summed E-state index contributed by atoms with van der Waals surface area (Å²) in [5.41, 5.74) is 2.22. The van der Waals surface area contributed by atoms with Crippen molar-refractivity contribution >= 4 is 23.2 Å². The van der Waals surface area contributed by atoms with Crippen molar-refractivity contribution in [1.29, 1.82) is 0 Å². The Morgan fingerprint density at radius 3 is 2.44 bits per heavy atom. The largest absolute Gasteiger partial charge is 0.383 e. The van der Waals surface area contributed by atoms with Crippen LogP contribution in [-0.2, 0) is 4.79 Å². The molecule has 0 aliphatic heterocycles. The number of benzene rings is 2. The predicted octanol–water partition coefficient (Wildman–Crippen LogP) is 2.25. The maximum Gasteiger partial charge on any atom is 0.269 e. The highest BCUT2D eigenvalue weighted by Crippen LogP contribution is 2.14. The van der Waals surface area contributed by atoms with Gasteiger partial charge in [-0.1, -0.05) is 17.7 Å². The topological polar surface area (TPSA) is 113 Å². The standard InChI is InChI=1S/C19H22N4O4/c1-13-4-3-5-15(12-13)19(25)22-14(2)18(24)21-11-10-20-16-6-8-17(9-7-16)23(26)27/h3-9,12,14,20H,10-11H2,1-2H3,(H,21,24)(H,22,25)/t14-/m0/s1. The summed E-state index contributed by atoms with van der Waals surface area (Å²) in [6.45, 7) is 4.31. The van der Waals surface area contributed by atoms with E-state index in [-0.39, 0.29) is 17.5 Å². The second-order valence-corrected chi connectivity index (χ2v) is 6.09. The Morgan fingerprint density at radius 2 is 1.81 bits per heavy atom. The van der Waals surface area contributed by atoms with Crippen LogP contribution in [0.1, 0.15) is 22.8 Å². The van der Waals surface area contributed by atoms with Gasteiger partial charge < -0.3 is 16.0 Å². The summed E-state index contributed by atoms with van der Waals surface area (Å²) in [7, 11) is 0. The van der Waals surface area contributed by atoms with Crippen LogP contribution in [0.5, 0.6) is 0 Å². The fourth-order valence-corrected chi connectivity index (χ4v) is 2.38. The summed E-state index contributed by atoms with van der Waals surface area (Å²) < 4.78 is 0. The summed E-state index contributed by atoms with van der Waals surface area (Å²) >= 11 is 0. The molecule has 0 unspecified atom stereocenters. The maximum absolute atomic E-state index is 12.2. The number of rotatable bonds is 8. The van der Waals surface area contributed by atoms with Crippen LogP contribution in [0.2, 0.25) is 0 Å². The zero-order valence-corrected chi connectivity index (χ0v) is 15.2. The highest BCUT2D eigenvalue weighted by molar-refractivity contribution is 5.97. The van der Waals surface area contributed by atoms with Crippen molar-refractivity contribution in [3.63, 3.8) is 0 Å². The molecule has 1 atom stereocenters. The molecule has 2 aromatic carbocycles. The van der Waals surface area contributed by atoms with E-state index in [9.17, 15) is 19.7 Å². The Kier molecular flexibility index (Phi) is 6.87. The quantitative estimate of drug-likeness (QED) is 0.375. The molecule has 0 bridgehead atoms. The van der Waals surface area contributed by atoms with E-state index in [1.807, 2.05) is 13.0 Å². The van der Waals surface area contributed by atoms with Gasteiger partial charge in [0.25, 0.3) is 11.6 Å². The van der Waals surface area contributed by atoms with Crippen LogP contribution in [0.3, 0.4) is 0 Å². The van der Waals surface area contributed by atoms with Crippen LogP contribution < -0.4 is 16.0 Å². The van der Waals surface area contributed by atoms with Crippen molar-refractivity contribution in [2.24, 2.45) is 0 Å². The average molecular weight is 370 g/mol. The van der Waals surface area contributed by atoms with Gasteiger partial charge in [-0.05, 0) is 38.1 Å². The summed E-state index contributed by atoms with van der Waals surface area (Å²) in [6, 6.07) is 12.5. The normalized spacial score (nSPS) is 11.3. The molecule has 3 N–H and O–H groups in total. The molecule has 0 aromatic heterocycles. The number of nitro benzene ring substituents is 1. The van der Waals surface area contributed by atoms with Gasteiger partial charge in [0.2, 0.25) is 5.91 Å². The number of hydrogen-bond donors (Lipinski definition) is 3. The molecular weight excluding hydrogens is 348 g/mol. The number of nitro groups is 1. The summed E-state index contributed by atoms with van der Waals surface area (Å²) in [4.78, 5) is 34.4. The van der Waals surface area contributed by atoms with Gasteiger partial charge >= 0.3 is 0 Å². The number of carbonyl (C=O) groups is 2. The van der Waals surface area contributed by atoms with E-state index in [1.165, 1.54) is 12.1 Å². The van der Waals surface area contributed by atoms with E-state index in [2.05, 4.69) is 16.0 Å². The number of hydrogen-bond acceptors (Lipinski definition) is 5. The lowest BCUT2D eigenvalue weighted by molar-refractivity contribution is -0.384. The zero-order chi connectivity index (χ0) is 19.8. The Labute approximate surface area is 157 Å². The first-order valence-corrected chi connectivity index (χ1v) is 8.50. The van der Waals surface area contributed by atoms with Crippen LogP contribution in [0.15, 0.2) is 48.5 Å². The van der Waals surface area contributed by atoms with E-state index < -0.39 is 11.0 Å². The molecule has 0 spiro atoms. The number of non-ortho nitro benzene ring substituents is 1. The molecule has 8 heteroatoms. The first-order chi connectivity index (χ1) is 12.9. The van der Waals surface area contributed by atoms with Gasteiger partial charge in [-0.3, -0.25) is 19.7 Å². The number of nitrogens with zero attached hydrogens (tertiary/aromatic N) is 1. The van der Waals surface area contributed by atoms with Crippen molar-refractivity contribution in [3.8, 4) is 0 Å². The van der Waals surface area contributed by atoms with Gasteiger partial charge in [-0.25, -0.2) is 0 Å². The molecular formula is C19H22N4O4. The Morgan fingerprint density at radius 1 is 1.11 bits per heavy atom. The lowest BCUT2D eigenvalue weighted by Gasteiger charge is -2.15. The third-order valence-electron chi connectivity index (χ3n) is 3.85. The second-order valence-electron chi connectivity index (χ2n) is 6.09. The van der Waals surface area contributed by atoms with Crippen LogP contribution >= 0.6 is 0 Å². The number of nitrogens with one attached hydrogen (secondary N) is 3. The Bertz CT molecular complexity index is 821. The maximum atomic E-state index is 12.2. The molecule has 2 rings (SSSR count). The molecule has 0 radical (unpaired) electrons. The fraction of sp³-hybridized carbons (Fsp3) is 0.263. The highest BCUT2D eigenvalue weighted by atomic mass is 16.6. The monoisotopic (exact) mass is 370 g/mol. The molecule has 0 aliphatic carbocycles. The average Bonchev–Trinajstić information content (AvgIpc) is 2.65. The number of carbonyl (C=O) groups excluding carboxylic acids is 2. The van der Waals surface area contributed by atoms with Gasteiger partial charge in [0.05, 0.1) is 4.92 Å². The highest BCUT2D eigenvalue weighted by Gasteiger charge is 2.16. The molecule has 27 heavy (non-hydrogen) atoms. The van der Waals surface area contributed by atoms with E-state index in [0.29, 0.717) is 18.7 Å². The van der Waals surface area contributed by atoms with Crippen molar-refractivity contribution in [3.05, 3.63) is 69.8 Å². The second kappa shape index (κ2) is 9.33. The summed E-state index contributed by atoms with van der Waals surface area (Å²) in [5.74, 6) is -0.591. The third kappa shape index (κ3) is 6.10. The summed E-state index contributed by atoms with van der Waals surface area (Å²) in [5, 5.41) is 19.0. The number of anilines is 1. The fourth-order valence-electron chi connectivity index (χ4n) is 2.38. The van der Waals surface area contributed by atoms with Crippen LogP contribution in [0.25, 0.3) is 0 Å². The van der Waals surface area contributed by atoms with Crippen molar-refractivity contribution in [2.45, 2.75) is 19.9 Å². The van der Waals surface area contributed by atoms with Gasteiger partial charge in [-0.15, -0.1) is 0 Å². The molecule has 0 fully saturated rings. The zero-order valence-electron chi connectivity index (χ0n) is 15.2. The van der Waals surface area contributed by atoms with Gasteiger partial charge in [0.1, 0.15) is 6.04 Å². The van der Waals surface area contributed by atoms with Crippen molar-refractivity contribution in [1.82, 2.24) is 10.6 Å². The van der Waals surface area contributed by atoms with Crippen molar-refractivity contribution in [2.75, 3.05) is 18.4 Å². The lowest BCUT2D eigenvalue weighted by Crippen LogP contribution is -2.45. The molecule has 0 aliphatic rings. The van der Waals surface area contributed by atoms with E-state index in [1.54, 1.807) is 37.3 Å². The van der Waals surface area contributed by atoms with Gasteiger partial charge in [-0.2, -0.15) is 0 Å². The van der Waals surface area contributed by atoms with Crippen LogP contribution in [0, 0.1) is 17.0 Å². The molecule has 8 nitrogen and oxygen atoms in total. The van der Waals surface area contributed by atoms with Crippen LogP contribution in [0.4, 0.5) is 11.4 Å². The van der Waals surface area contributed by atoms with E-state index in [0.717, 1.165) is 11.3 Å². The SMILES string of the molecule is Cc1cccc(C(=O)N[C@@H](C)C(=O)NCCNc2ccc([N+](=O)[O-])cc2)c1. The minimum absolute atomic E-state index is 0.0204. The lowest BCUT2D eigenvalue weighted by atomic mass is 10.1. The number of amides is 2. The van der Waals surface area contributed by atoms with E-state index in [4.69, 9.17) is 0 Å². The smallest absolute Gasteiger partial charge is 0.269 e. The first-order valence-electron chi connectivity index (χ1n) is 8.50. The van der Waals surface area contributed by atoms with Gasteiger partial charge in [0, 0.05) is 36.5 Å². The number of aryl methyl sites for hydroxylation is 1. The molecule has 0 heterocycles. The van der Waals surface area contributed by atoms with E-state index >= 15 is 0 Å². The Balaban J connectivity index is 1.73. The van der Waals surface area contributed by atoms with Gasteiger partial charge in [0.15, 0.2) is 0 Å². The minimum atomic E-state index is -0.669. The molecule has 2 aromatic rings. The van der Waals surface area contributed by atoms with Crippen molar-refractivity contribution < 1.29 is 14.5 Å². The minimum Gasteiger partial charge on any atom is -0.383 e. The molecule has 142 valence electrons. The Hall–Kier alpha value is -3.42. The van der Waals surface area contributed by atoms with Crippen LogP contribution in [-0.4, -0.2) is 35.9 Å². The predicted molar refractivity (Wildman–Crippen MR) is 103 cm³/mol. The molecule has 2 amide bonds. The first kappa shape index (κ1) is 19.9. The molecule has 0 saturated carbocycles. The molecule has 0 saturated heterocycles. The summed E-state index contributed by atoms with van der Waals surface area (Å²) in [6.07, 6.45) is 0. The third-order valence-corrected chi connectivity index (χ3v) is 3.85.